The third kappa shape index (κ3) is 4.95. The first-order valence-electron chi connectivity index (χ1n) is 9.82. The molecule has 0 aromatic heterocycles. The van der Waals surface area contributed by atoms with E-state index in [1.807, 2.05) is 42.5 Å². The Morgan fingerprint density at radius 2 is 1.69 bits per heavy atom. The van der Waals surface area contributed by atoms with E-state index in [0.717, 1.165) is 42.9 Å². The largest absolute Gasteiger partial charge is 0.494 e. The smallest absolute Gasteiger partial charge is 0.171 e. The summed E-state index contributed by atoms with van der Waals surface area (Å²) in [6.45, 7) is 5.79. The van der Waals surface area contributed by atoms with Crippen molar-refractivity contribution in [3.05, 3.63) is 65.7 Å². The van der Waals surface area contributed by atoms with Crippen LogP contribution in [0.1, 0.15) is 54.4 Å². The Morgan fingerprint density at radius 1 is 1.00 bits per heavy atom. The second-order valence-corrected chi connectivity index (χ2v) is 7.06. The second kappa shape index (κ2) is 9.54. The Bertz CT molecular complexity index is 675. The molecule has 0 aliphatic carbocycles. The summed E-state index contributed by atoms with van der Waals surface area (Å²) in [5, 5.41) is 0. The van der Waals surface area contributed by atoms with Crippen molar-refractivity contribution in [2.24, 2.45) is 0 Å². The fraction of sp³-hybridized carbons (Fsp3) is 0.435. The molecule has 0 unspecified atom stereocenters. The van der Waals surface area contributed by atoms with E-state index in [2.05, 4.69) is 24.0 Å². The molecule has 138 valence electrons. The number of piperidine rings is 1. The molecular formula is C23H29NO2. The molecule has 0 saturated carbocycles. The number of benzene rings is 2. The summed E-state index contributed by atoms with van der Waals surface area (Å²) < 4.78 is 5.64. The number of carbonyl (C=O) groups excluding carboxylic acids is 1. The zero-order valence-corrected chi connectivity index (χ0v) is 15.7. The lowest BCUT2D eigenvalue weighted by atomic mass is 9.89. The average molecular weight is 351 g/mol. The van der Waals surface area contributed by atoms with Crippen LogP contribution >= 0.6 is 0 Å². The van der Waals surface area contributed by atoms with Crippen molar-refractivity contribution in [3.63, 3.8) is 0 Å². The number of hydrogen-bond donors (Lipinski definition) is 0. The first-order chi connectivity index (χ1) is 12.8. The van der Waals surface area contributed by atoms with E-state index < -0.39 is 0 Å². The van der Waals surface area contributed by atoms with Crippen LogP contribution in [0.25, 0.3) is 0 Å². The van der Waals surface area contributed by atoms with Crippen LogP contribution in [0.4, 0.5) is 0 Å². The molecule has 1 aliphatic heterocycles. The number of rotatable bonds is 8. The van der Waals surface area contributed by atoms with Gasteiger partial charge in [-0.1, -0.05) is 43.7 Å². The van der Waals surface area contributed by atoms with Gasteiger partial charge in [0.15, 0.2) is 5.78 Å². The normalized spacial score (nSPS) is 16.2. The average Bonchev–Trinajstić information content (AvgIpc) is 2.72. The van der Waals surface area contributed by atoms with Crippen LogP contribution in [0.3, 0.4) is 0 Å². The molecule has 0 spiro atoms. The number of ether oxygens (including phenoxy) is 1. The van der Waals surface area contributed by atoms with Gasteiger partial charge >= 0.3 is 0 Å². The van der Waals surface area contributed by atoms with E-state index in [4.69, 9.17) is 4.74 Å². The van der Waals surface area contributed by atoms with Gasteiger partial charge in [-0.3, -0.25) is 4.79 Å². The number of ketones is 1. The Kier molecular flexibility index (Phi) is 6.84. The molecule has 1 saturated heterocycles. The summed E-state index contributed by atoms with van der Waals surface area (Å²) in [6.07, 6.45) is 4.75. The molecule has 1 heterocycles. The lowest BCUT2D eigenvalue weighted by Crippen LogP contribution is -2.35. The van der Waals surface area contributed by atoms with Gasteiger partial charge in [-0.25, -0.2) is 0 Å². The molecular weight excluding hydrogens is 322 g/mol. The number of carbonyl (C=O) groups is 1. The van der Waals surface area contributed by atoms with Crippen LogP contribution in [-0.4, -0.2) is 36.9 Å². The summed E-state index contributed by atoms with van der Waals surface area (Å²) in [5.74, 6) is 0.913. The molecule has 1 atom stereocenters. The Morgan fingerprint density at radius 3 is 2.35 bits per heavy atom. The van der Waals surface area contributed by atoms with Crippen LogP contribution in [0.15, 0.2) is 54.6 Å². The number of likely N-dealkylation sites (tertiary alicyclic amines) is 1. The van der Waals surface area contributed by atoms with Crippen LogP contribution in [0, 0.1) is 0 Å². The fourth-order valence-electron chi connectivity index (χ4n) is 3.56. The van der Waals surface area contributed by atoms with E-state index in [1.54, 1.807) is 0 Å². The number of Topliss-reactive ketones (excluding diaryl/α,β-unsaturated/α-hetero) is 1. The molecule has 0 N–H and O–H groups in total. The molecule has 3 nitrogen and oxygen atoms in total. The highest BCUT2D eigenvalue weighted by Crippen LogP contribution is 2.25. The Hall–Kier alpha value is -2.13. The topological polar surface area (TPSA) is 29.5 Å². The highest BCUT2D eigenvalue weighted by atomic mass is 16.5. The molecule has 1 fully saturated rings. The molecule has 2 aromatic carbocycles. The van der Waals surface area contributed by atoms with Gasteiger partial charge in [0.05, 0.1) is 12.5 Å². The van der Waals surface area contributed by atoms with Gasteiger partial charge in [0, 0.05) is 12.1 Å². The van der Waals surface area contributed by atoms with Crippen LogP contribution in [0.5, 0.6) is 5.75 Å². The molecule has 2 aromatic rings. The maximum atomic E-state index is 13.3. The van der Waals surface area contributed by atoms with Gasteiger partial charge < -0.3 is 9.64 Å². The summed E-state index contributed by atoms with van der Waals surface area (Å²) in [4.78, 5) is 15.7. The van der Waals surface area contributed by atoms with E-state index in [0.29, 0.717) is 6.61 Å². The van der Waals surface area contributed by atoms with Crippen molar-refractivity contribution < 1.29 is 9.53 Å². The minimum Gasteiger partial charge on any atom is -0.494 e. The summed E-state index contributed by atoms with van der Waals surface area (Å²) in [7, 11) is 0. The minimum absolute atomic E-state index is 0.114. The summed E-state index contributed by atoms with van der Waals surface area (Å²) in [6, 6.07) is 17.8. The molecule has 3 rings (SSSR count). The van der Waals surface area contributed by atoms with Crippen LogP contribution < -0.4 is 4.74 Å². The van der Waals surface area contributed by atoms with Gasteiger partial charge in [-0.2, -0.15) is 0 Å². The molecule has 0 amide bonds. The van der Waals surface area contributed by atoms with E-state index in [-0.39, 0.29) is 11.7 Å². The van der Waals surface area contributed by atoms with Crippen LogP contribution in [0.2, 0.25) is 0 Å². The van der Waals surface area contributed by atoms with Crippen molar-refractivity contribution >= 4 is 5.78 Å². The number of nitrogens with zero attached hydrogens (tertiary/aromatic N) is 1. The molecule has 3 heteroatoms. The van der Waals surface area contributed by atoms with Crippen molar-refractivity contribution in [3.8, 4) is 5.75 Å². The second-order valence-electron chi connectivity index (χ2n) is 7.06. The zero-order chi connectivity index (χ0) is 18.2. The summed E-state index contributed by atoms with van der Waals surface area (Å²) in [5.41, 5.74) is 1.87. The minimum atomic E-state index is -0.114. The highest BCUT2D eigenvalue weighted by molar-refractivity contribution is 6.01. The standard InChI is InChI=1S/C23H29NO2/c1-2-17-26-21-13-11-20(12-14-21)23(25)22(19-9-5-3-6-10-19)18-24-15-7-4-8-16-24/h3,5-6,9-14,22H,2,4,7-8,15-18H2,1H3/t22-/m0/s1. The van der Waals surface area contributed by atoms with Gasteiger partial charge in [-0.05, 0) is 62.2 Å². The lowest BCUT2D eigenvalue weighted by Gasteiger charge is -2.30. The van der Waals surface area contributed by atoms with Crippen molar-refractivity contribution in [1.29, 1.82) is 0 Å². The van der Waals surface area contributed by atoms with E-state index >= 15 is 0 Å². The SMILES string of the molecule is CCCOc1ccc(C(=O)[C@@H](CN2CCCCC2)c2ccccc2)cc1. The van der Waals surface area contributed by atoms with Gasteiger partial charge in [0.2, 0.25) is 0 Å². The monoisotopic (exact) mass is 351 g/mol. The molecule has 26 heavy (non-hydrogen) atoms. The first-order valence-corrected chi connectivity index (χ1v) is 9.82. The van der Waals surface area contributed by atoms with Gasteiger partial charge in [0.25, 0.3) is 0 Å². The Labute approximate surface area is 157 Å². The van der Waals surface area contributed by atoms with Crippen molar-refractivity contribution in [2.75, 3.05) is 26.2 Å². The molecule has 1 aliphatic rings. The first kappa shape index (κ1) is 18.7. The van der Waals surface area contributed by atoms with E-state index in [9.17, 15) is 4.79 Å². The lowest BCUT2D eigenvalue weighted by molar-refractivity contribution is 0.0925. The molecule has 0 radical (unpaired) electrons. The zero-order valence-electron chi connectivity index (χ0n) is 15.7. The third-order valence-corrected chi connectivity index (χ3v) is 5.02. The van der Waals surface area contributed by atoms with Gasteiger partial charge in [-0.15, -0.1) is 0 Å². The predicted octanol–water partition coefficient (Wildman–Crippen LogP) is 4.93. The van der Waals surface area contributed by atoms with Crippen molar-refractivity contribution in [2.45, 2.75) is 38.5 Å². The van der Waals surface area contributed by atoms with E-state index in [1.165, 1.54) is 19.3 Å². The van der Waals surface area contributed by atoms with Gasteiger partial charge in [0.1, 0.15) is 5.75 Å². The summed E-state index contributed by atoms with van der Waals surface area (Å²) >= 11 is 0. The quantitative estimate of drug-likeness (QED) is 0.632. The van der Waals surface area contributed by atoms with Crippen LogP contribution in [-0.2, 0) is 0 Å². The third-order valence-electron chi connectivity index (χ3n) is 5.02. The highest BCUT2D eigenvalue weighted by Gasteiger charge is 2.25. The number of hydrogen-bond acceptors (Lipinski definition) is 3. The maximum Gasteiger partial charge on any atom is 0.171 e. The fourth-order valence-corrected chi connectivity index (χ4v) is 3.56. The van der Waals surface area contributed by atoms with Crippen molar-refractivity contribution in [1.82, 2.24) is 4.90 Å². The maximum absolute atomic E-state index is 13.3. The molecule has 0 bridgehead atoms. The Balaban J connectivity index is 1.77. The predicted molar refractivity (Wildman–Crippen MR) is 106 cm³/mol.